The first-order chi connectivity index (χ1) is 9.54. The van der Waals surface area contributed by atoms with Crippen molar-refractivity contribution in [3.63, 3.8) is 0 Å². The molecule has 2 rings (SSSR count). The maximum atomic E-state index is 13.5. The van der Waals surface area contributed by atoms with Crippen LogP contribution in [0.5, 0.6) is 0 Å². The summed E-state index contributed by atoms with van der Waals surface area (Å²) in [4.78, 5) is 11.0. The molecule has 0 bridgehead atoms. The third-order valence-electron chi connectivity index (χ3n) is 2.89. The molecule has 0 aromatic heterocycles. The van der Waals surface area contributed by atoms with Crippen LogP contribution < -0.4 is 10.6 Å². The summed E-state index contributed by atoms with van der Waals surface area (Å²) < 4.78 is 13.5. The number of halogens is 1. The van der Waals surface area contributed by atoms with Crippen LogP contribution >= 0.6 is 0 Å². The molecule has 0 aliphatic heterocycles. The zero-order valence-electron chi connectivity index (χ0n) is 11.5. The molecule has 0 heterocycles. The van der Waals surface area contributed by atoms with E-state index in [-0.39, 0.29) is 11.6 Å². The van der Waals surface area contributed by atoms with Gasteiger partial charge in [0, 0.05) is 19.2 Å². The van der Waals surface area contributed by atoms with E-state index in [1.165, 1.54) is 18.6 Å². The lowest BCUT2D eigenvalue weighted by molar-refractivity contribution is -0.114. The Labute approximate surface area is 117 Å². The fourth-order valence-electron chi connectivity index (χ4n) is 1.83. The van der Waals surface area contributed by atoms with Gasteiger partial charge in [0.2, 0.25) is 5.91 Å². The van der Waals surface area contributed by atoms with Gasteiger partial charge in [-0.05, 0) is 30.7 Å². The van der Waals surface area contributed by atoms with Crippen molar-refractivity contribution < 1.29 is 9.18 Å². The third kappa shape index (κ3) is 3.82. The highest BCUT2D eigenvalue weighted by Gasteiger charge is 2.05. The lowest BCUT2D eigenvalue weighted by Crippen LogP contribution is -2.08. The van der Waals surface area contributed by atoms with Gasteiger partial charge in [0.05, 0.1) is 5.69 Å². The Hall–Kier alpha value is -2.36. The summed E-state index contributed by atoms with van der Waals surface area (Å²) in [5.41, 5.74) is 3.30. The zero-order valence-corrected chi connectivity index (χ0v) is 11.5. The summed E-state index contributed by atoms with van der Waals surface area (Å²) >= 11 is 0. The van der Waals surface area contributed by atoms with Crippen molar-refractivity contribution >= 4 is 17.3 Å². The Bertz CT molecular complexity index is 608. The quantitative estimate of drug-likeness (QED) is 0.891. The topological polar surface area (TPSA) is 41.1 Å². The van der Waals surface area contributed by atoms with Crippen LogP contribution in [0.2, 0.25) is 0 Å². The van der Waals surface area contributed by atoms with Crippen LogP contribution in [0.25, 0.3) is 0 Å². The fourth-order valence-corrected chi connectivity index (χ4v) is 1.83. The van der Waals surface area contributed by atoms with Crippen molar-refractivity contribution in [3.05, 3.63) is 59.4 Å². The molecule has 4 heteroatoms. The number of carbonyl (C=O) groups excluding carboxylic acids is 1. The van der Waals surface area contributed by atoms with Crippen molar-refractivity contribution in [3.8, 4) is 0 Å². The van der Waals surface area contributed by atoms with Gasteiger partial charge in [-0.3, -0.25) is 4.79 Å². The minimum atomic E-state index is -0.443. The first kappa shape index (κ1) is 14.1. The van der Waals surface area contributed by atoms with Gasteiger partial charge in [-0.2, -0.15) is 0 Å². The number of amides is 1. The monoisotopic (exact) mass is 272 g/mol. The highest BCUT2D eigenvalue weighted by Crippen LogP contribution is 2.20. The van der Waals surface area contributed by atoms with Gasteiger partial charge in [0.1, 0.15) is 5.82 Å². The molecule has 0 aliphatic carbocycles. The van der Waals surface area contributed by atoms with Gasteiger partial charge < -0.3 is 10.6 Å². The van der Waals surface area contributed by atoms with Crippen LogP contribution in [0.15, 0.2) is 42.5 Å². The third-order valence-corrected chi connectivity index (χ3v) is 2.89. The molecule has 104 valence electrons. The molecule has 0 saturated heterocycles. The van der Waals surface area contributed by atoms with Crippen LogP contribution in [0, 0.1) is 12.7 Å². The average molecular weight is 272 g/mol. The Balaban J connectivity index is 2.06. The minimum absolute atomic E-state index is 0.186. The van der Waals surface area contributed by atoms with Crippen molar-refractivity contribution in [2.24, 2.45) is 0 Å². The van der Waals surface area contributed by atoms with E-state index in [1.807, 2.05) is 31.2 Å². The van der Waals surface area contributed by atoms with E-state index in [1.54, 1.807) is 12.1 Å². The number of benzene rings is 2. The summed E-state index contributed by atoms with van der Waals surface area (Å²) in [6.45, 7) is 4.04. The highest BCUT2D eigenvalue weighted by molar-refractivity contribution is 5.89. The van der Waals surface area contributed by atoms with Crippen molar-refractivity contribution in [1.29, 1.82) is 0 Å². The second kappa shape index (κ2) is 6.19. The summed E-state index contributed by atoms with van der Waals surface area (Å²) in [5.74, 6) is -0.735. The van der Waals surface area contributed by atoms with Crippen LogP contribution in [0.1, 0.15) is 18.1 Å². The van der Waals surface area contributed by atoms with Gasteiger partial charge in [-0.25, -0.2) is 4.39 Å². The van der Waals surface area contributed by atoms with Crippen LogP contribution in [-0.4, -0.2) is 5.91 Å². The van der Waals surface area contributed by atoms with Gasteiger partial charge in [0.15, 0.2) is 0 Å². The molecule has 2 N–H and O–H groups in total. The summed E-state index contributed by atoms with van der Waals surface area (Å²) in [7, 11) is 0. The Morgan fingerprint density at radius 3 is 2.50 bits per heavy atom. The first-order valence-electron chi connectivity index (χ1n) is 6.41. The number of nitrogens with one attached hydrogen (secondary N) is 2. The van der Waals surface area contributed by atoms with E-state index in [2.05, 4.69) is 10.6 Å². The molecule has 2 aromatic carbocycles. The molecule has 0 aliphatic rings. The average Bonchev–Trinajstić information content (AvgIpc) is 2.41. The summed E-state index contributed by atoms with van der Waals surface area (Å²) in [6.07, 6.45) is 0. The van der Waals surface area contributed by atoms with Crippen LogP contribution in [0.4, 0.5) is 15.8 Å². The Morgan fingerprint density at radius 1 is 1.15 bits per heavy atom. The molecule has 3 nitrogen and oxygen atoms in total. The zero-order chi connectivity index (χ0) is 14.5. The van der Waals surface area contributed by atoms with E-state index in [4.69, 9.17) is 0 Å². The molecular weight excluding hydrogens is 255 g/mol. The summed E-state index contributed by atoms with van der Waals surface area (Å²) in [6, 6.07) is 12.7. The molecule has 0 atom stereocenters. The van der Waals surface area contributed by atoms with Gasteiger partial charge in [0.25, 0.3) is 0 Å². The van der Waals surface area contributed by atoms with E-state index >= 15 is 0 Å². The van der Waals surface area contributed by atoms with E-state index < -0.39 is 5.82 Å². The fraction of sp³-hybridized carbons (Fsp3) is 0.188. The largest absolute Gasteiger partial charge is 0.381 e. The molecule has 1 amide bonds. The standard InChI is InChI=1S/C16H17FN2O/c1-11-3-5-13(6-4-11)10-18-14-7-8-15(17)16(9-14)19-12(2)20/h3-9,18H,10H2,1-2H3,(H,19,20). The Kier molecular flexibility index (Phi) is 4.35. The van der Waals surface area contributed by atoms with Gasteiger partial charge in [-0.1, -0.05) is 29.8 Å². The molecule has 0 unspecified atom stereocenters. The lowest BCUT2D eigenvalue weighted by Gasteiger charge is -2.10. The number of hydrogen-bond acceptors (Lipinski definition) is 2. The predicted molar refractivity (Wildman–Crippen MR) is 79.2 cm³/mol. The van der Waals surface area contributed by atoms with Crippen LogP contribution in [-0.2, 0) is 11.3 Å². The number of rotatable bonds is 4. The van der Waals surface area contributed by atoms with Gasteiger partial charge >= 0.3 is 0 Å². The maximum absolute atomic E-state index is 13.5. The smallest absolute Gasteiger partial charge is 0.221 e. The highest BCUT2D eigenvalue weighted by atomic mass is 19.1. The first-order valence-corrected chi connectivity index (χ1v) is 6.41. The molecule has 0 saturated carbocycles. The molecular formula is C16H17FN2O. The van der Waals surface area contributed by atoms with Gasteiger partial charge in [-0.15, -0.1) is 0 Å². The lowest BCUT2D eigenvalue weighted by atomic mass is 10.1. The number of hydrogen-bond donors (Lipinski definition) is 2. The second-order valence-electron chi connectivity index (χ2n) is 4.71. The Morgan fingerprint density at radius 2 is 1.85 bits per heavy atom. The van der Waals surface area contributed by atoms with E-state index in [0.29, 0.717) is 6.54 Å². The molecule has 20 heavy (non-hydrogen) atoms. The van der Waals surface area contributed by atoms with Crippen molar-refractivity contribution in [1.82, 2.24) is 0 Å². The molecule has 0 fully saturated rings. The number of anilines is 2. The normalized spacial score (nSPS) is 10.2. The van der Waals surface area contributed by atoms with Crippen molar-refractivity contribution in [2.75, 3.05) is 10.6 Å². The molecule has 0 spiro atoms. The number of carbonyl (C=O) groups is 1. The van der Waals surface area contributed by atoms with E-state index in [0.717, 1.165) is 11.3 Å². The van der Waals surface area contributed by atoms with E-state index in [9.17, 15) is 9.18 Å². The minimum Gasteiger partial charge on any atom is -0.381 e. The number of aryl methyl sites for hydroxylation is 1. The maximum Gasteiger partial charge on any atom is 0.221 e. The molecule has 0 radical (unpaired) electrons. The second-order valence-corrected chi connectivity index (χ2v) is 4.71. The van der Waals surface area contributed by atoms with Crippen LogP contribution in [0.3, 0.4) is 0 Å². The molecule has 2 aromatic rings. The van der Waals surface area contributed by atoms with Crippen molar-refractivity contribution in [2.45, 2.75) is 20.4 Å². The summed E-state index contributed by atoms with van der Waals surface area (Å²) in [5, 5.41) is 5.67. The SMILES string of the molecule is CC(=O)Nc1cc(NCc2ccc(C)cc2)ccc1F. The predicted octanol–water partition coefficient (Wildman–Crippen LogP) is 3.70.